The topological polar surface area (TPSA) is 89.0 Å². The number of thiazole rings is 1. The number of benzene rings is 3. The zero-order chi connectivity index (χ0) is 26.1. The third-order valence-corrected chi connectivity index (χ3v) is 7.25. The van der Waals surface area contributed by atoms with Gasteiger partial charge in [-0.2, -0.15) is 0 Å². The number of amides is 1. The summed E-state index contributed by atoms with van der Waals surface area (Å²) >= 11 is 7.40. The van der Waals surface area contributed by atoms with Gasteiger partial charge in [-0.05, 0) is 54.4 Å². The molecule has 3 aromatic carbocycles. The summed E-state index contributed by atoms with van der Waals surface area (Å²) in [6.07, 6.45) is 0.826. The number of rotatable bonds is 7. The molecule has 1 fully saturated rings. The van der Waals surface area contributed by atoms with E-state index >= 15 is 0 Å². The minimum Gasteiger partial charge on any atom is -0.507 e. The monoisotopic (exact) mass is 534 g/mol. The van der Waals surface area contributed by atoms with Gasteiger partial charge in [0.2, 0.25) is 0 Å². The van der Waals surface area contributed by atoms with E-state index in [2.05, 4.69) is 4.98 Å². The number of aromatic nitrogens is 1. The Morgan fingerprint density at radius 3 is 2.59 bits per heavy atom. The lowest BCUT2D eigenvalue weighted by molar-refractivity contribution is -0.132. The molecule has 0 radical (unpaired) electrons. The molecule has 37 heavy (non-hydrogen) atoms. The van der Waals surface area contributed by atoms with Gasteiger partial charge in [0.15, 0.2) is 5.13 Å². The van der Waals surface area contributed by atoms with Crippen LogP contribution in [0.4, 0.5) is 5.13 Å². The zero-order valence-electron chi connectivity index (χ0n) is 20.1. The van der Waals surface area contributed by atoms with E-state index in [4.69, 9.17) is 21.1 Å². The maximum absolute atomic E-state index is 13.4. The van der Waals surface area contributed by atoms with Crippen molar-refractivity contribution in [3.05, 3.63) is 88.5 Å². The van der Waals surface area contributed by atoms with Crippen LogP contribution in [0.25, 0.3) is 16.0 Å². The Kier molecular flexibility index (Phi) is 6.86. The molecule has 188 valence electrons. The van der Waals surface area contributed by atoms with Gasteiger partial charge in [0.25, 0.3) is 5.78 Å². The van der Waals surface area contributed by atoms with Crippen molar-refractivity contribution in [1.29, 1.82) is 0 Å². The van der Waals surface area contributed by atoms with Crippen LogP contribution in [-0.2, 0) is 9.59 Å². The summed E-state index contributed by atoms with van der Waals surface area (Å²) in [6, 6.07) is 18.2. The number of methoxy groups -OCH3 is 1. The summed E-state index contributed by atoms with van der Waals surface area (Å²) in [6.45, 7) is 2.51. The van der Waals surface area contributed by atoms with Crippen molar-refractivity contribution in [2.45, 2.75) is 19.4 Å². The molecule has 1 N–H and O–H groups in total. The number of carbonyl (C=O) groups excluding carboxylic acids is 2. The second-order valence-electron chi connectivity index (χ2n) is 8.43. The van der Waals surface area contributed by atoms with Crippen LogP contribution in [0.5, 0.6) is 11.5 Å². The second-order valence-corrected chi connectivity index (χ2v) is 9.87. The van der Waals surface area contributed by atoms with Crippen molar-refractivity contribution in [2.24, 2.45) is 0 Å². The maximum atomic E-state index is 13.4. The summed E-state index contributed by atoms with van der Waals surface area (Å²) in [5, 5.41) is 12.3. The molecule has 1 amide bonds. The van der Waals surface area contributed by atoms with Crippen molar-refractivity contribution in [3.63, 3.8) is 0 Å². The number of nitrogens with zero attached hydrogens (tertiary/aromatic N) is 2. The molecule has 0 bridgehead atoms. The fourth-order valence-corrected chi connectivity index (χ4v) is 5.50. The van der Waals surface area contributed by atoms with Gasteiger partial charge < -0.3 is 14.6 Å². The Bertz CT molecular complexity index is 1530. The van der Waals surface area contributed by atoms with Gasteiger partial charge in [-0.15, -0.1) is 0 Å². The molecule has 1 aromatic heterocycles. The van der Waals surface area contributed by atoms with Gasteiger partial charge >= 0.3 is 5.91 Å². The summed E-state index contributed by atoms with van der Waals surface area (Å²) < 4.78 is 11.8. The standard InChI is InChI=1S/C28H23ClN2O5S/c1-3-13-36-20-6-4-5-17(14-20)25(32)23-24(16-7-10-19(35-2)11-8-16)31(27(34)26(23)33)28-30-21-12-9-18(29)15-22(21)37-28/h4-12,14-15,24,32H,3,13H2,1-2H3. The van der Waals surface area contributed by atoms with Crippen LogP contribution >= 0.6 is 22.9 Å². The molecule has 1 unspecified atom stereocenters. The second kappa shape index (κ2) is 10.2. The number of ketones is 1. The van der Waals surface area contributed by atoms with E-state index in [0.29, 0.717) is 44.9 Å². The lowest BCUT2D eigenvalue weighted by atomic mass is 9.95. The highest BCUT2D eigenvalue weighted by Crippen LogP contribution is 2.45. The van der Waals surface area contributed by atoms with E-state index < -0.39 is 17.7 Å². The van der Waals surface area contributed by atoms with Gasteiger partial charge in [0.05, 0.1) is 35.5 Å². The molecule has 1 saturated heterocycles. The van der Waals surface area contributed by atoms with Crippen LogP contribution in [0.1, 0.15) is 30.5 Å². The molecule has 9 heteroatoms. The fourth-order valence-electron chi connectivity index (χ4n) is 4.23. The summed E-state index contributed by atoms with van der Waals surface area (Å²) in [7, 11) is 1.56. The Balaban J connectivity index is 1.68. The molecule has 1 atom stereocenters. The number of ether oxygens (including phenoxy) is 2. The first-order valence-corrected chi connectivity index (χ1v) is 12.8. The van der Waals surface area contributed by atoms with E-state index in [1.807, 2.05) is 6.92 Å². The number of aliphatic hydroxyl groups is 1. The number of Topliss-reactive ketones (excluding diaryl/α,β-unsaturated/α-hetero) is 1. The first-order chi connectivity index (χ1) is 17.9. The number of aliphatic hydroxyl groups excluding tert-OH is 1. The van der Waals surface area contributed by atoms with Crippen LogP contribution in [0.15, 0.2) is 72.3 Å². The van der Waals surface area contributed by atoms with E-state index in [9.17, 15) is 14.7 Å². The molecule has 4 aromatic rings. The summed E-state index contributed by atoms with van der Waals surface area (Å²) in [5.74, 6) is -0.672. The van der Waals surface area contributed by atoms with Gasteiger partial charge in [0, 0.05) is 10.6 Å². The first-order valence-electron chi connectivity index (χ1n) is 11.7. The normalized spacial score (nSPS) is 16.9. The third kappa shape index (κ3) is 4.65. The van der Waals surface area contributed by atoms with Crippen LogP contribution < -0.4 is 14.4 Å². The highest BCUT2D eigenvalue weighted by atomic mass is 35.5. The highest BCUT2D eigenvalue weighted by molar-refractivity contribution is 7.22. The molecule has 0 saturated carbocycles. The van der Waals surface area contributed by atoms with E-state index in [0.717, 1.165) is 11.1 Å². The molecule has 0 aliphatic carbocycles. The van der Waals surface area contributed by atoms with Crippen LogP contribution in [0, 0.1) is 0 Å². The van der Waals surface area contributed by atoms with E-state index in [-0.39, 0.29) is 11.3 Å². The Morgan fingerprint density at radius 1 is 1.08 bits per heavy atom. The van der Waals surface area contributed by atoms with Crippen LogP contribution in [-0.4, -0.2) is 35.5 Å². The molecule has 0 spiro atoms. The number of halogens is 1. The highest BCUT2D eigenvalue weighted by Gasteiger charge is 2.48. The van der Waals surface area contributed by atoms with Crippen molar-refractivity contribution >= 4 is 55.7 Å². The van der Waals surface area contributed by atoms with Crippen molar-refractivity contribution in [2.75, 3.05) is 18.6 Å². The number of carbonyl (C=O) groups is 2. The Hall–Kier alpha value is -3.88. The molecule has 7 nitrogen and oxygen atoms in total. The zero-order valence-corrected chi connectivity index (χ0v) is 21.7. The maximum Gasteiger partial charge on any atom is 0.301 e. The molecule has 1 aliphatic rings. The average molecular weight is 535 g/mol. The molecule has 2 heterocycles. The largest absolute Gasteiger partial charge is 0.507 e. The Labute approximate surface area is 222 Å². The third-order valence-electron chi connectivity index (χ3n) is 6.00. The van der Waals surface area contributed by atoms with Gasteiger partial charge in [-0.3, -0.25) is 14.5 Å². The van der Waals surface area contributed by atoms with E-state index in [1.165, 1.54) is 16.2 Å². The fraction of sp³-hybridized carbons (Fsp3) is 0.179. The van der Waals surface area contributed by atoms with Crippen LogP contribution in [0.3, 0.4) is 0 Å². The first kappa shape index (κ1) is 24.8. The number of hydrogen-bond donors (Lipinski definition) is 1. The minimum absolute atomic E-state index is 0.0277. The summed E-state index contributed by atoms with van der Waals surface area (Å²) in [5.41, 5.74) is 1.62. The van der Waals surface area contributed by atoms with Crippen LogP contribution in [0.2, 0.25) is 5.02 Å². The van der Waals surface area contributed by atoms with Gasteiger partial charge in [0.1, 0.15) is 17.3 Å². The van der Waals surface area contributed by atoms with Crippen molar-refractivity contribution in [1.82, 2.24) is 4.98 Å². The predicted octanol–water partition coefficient (Wildman–Crippen LogP) is 6.37. The lowest BCUT2D eigenvalue weighted by Gasteiger charge is -2.23. The smallest absolute Gasteiger partial charge is 0.301 e. The Morgan fingerprint density at radius 2 is 1.86 bits per heavy atom. The van der Waals surface area contributed by atoms with E-state index in [1.54, 1.807) is 73.8 Å². The minimum atomic E-state index is -0.901. The number of fused-ring (bicyclic) bond motifs is 1. The number of anilines is 1. The van der Waals surface area contributed by atoms with Crippen molar-refractivity contribution < 1.29 is 24.2 Å². The lowest BCUT2D eigenvalue weighted by Crippen LogP contribution is -2.29. The number of hydrogen-bond acceptors (Lipinski definition) is 7. The van der Waals surface area contributed by atoms with Crippen molar-refractivity contribution in [3.8, 4) is 11.5 Å². The quantitative estimate of drug-likeness (QED) is 0.168. The molecule has 5 rings (SSSR count). The predicted molar refractivity (Wildman–Crippen MR) is 145 cm³/mol. The summed E-state index contributed by atoms with van der Waals surface area (Å²) in [4.78, 5) is 32.8. The average Bonchev–Trinajstić information content (AvgIpc) is 3.44. The molecule has 1 aliphatic heterocycles. The molecular weight excluding hydrogens is 512 g/mol. The SMILES string of the molecule is CCCOc1cccc(C(O)=C2C(=O)C(=O)N(c3nc4ccc(Cl)cc4s3)C2c2ccc(OC)cc2)c1. The van der Waals surface area contributed by atoms with Gasteiger partial charge in [-0.1, -0.05) is 54.1 Å². The molecular formula is C28H23ClN2O5S. The van der Waals surface area contributed by atoms with Gasteiger partial charge in [-0.25, -0.2) is 4.98 Å².